The molecule has 126 valence electrons. The number of aromatic nitrogens is 1. The van der Waals surface area contributed by atoms with Gasteiger partial charge in [-0.2, -0.15) is 0 Å². The quantitative estimate of drug-likeness (QED) is 0.862. The zero-order valence-electron chi connectivity index (χ0n) is 13.7. The Balaban J connectivity index is 1.75. The highest BCUT2D eigenvalue weighted by Gasteiger charge is 2.20. The van der Waals surface area contributed by atoms with Gasteiger partial charge in [0, 0.05) is 37.5 Å². The van der Waals surface area contributed by atoms with Gasteiger partial charge >= 0.3 is 0 Å². The van der Waals surface area contributed by atoms with Crippen LogP contribution in [0.2, 0.25) is 0 Å². The molecule has 5 heteroatoms. The van der Waals surface area contributed by atoms with Crippen LogP contribution < -0.4 is 0 Å². The Morgan fingerprint density at radius 1 is 1.38 bits per heavy atom. The summed E-state index contributed by atoms with van der Waals surface area (Å²) in [5.74, 6) is -0.480. The summed E-state index contributed by atoms with van der Waals surface area (Å²) in [6.07, 6.45) is 6.04. The molecule has 1 unspecified atom stereocenters. The normalized spacial score (nSPS) is 17.5. The van der Waals surface area contributed by atoms with Gasteiger partial charge in [-0.25, -0.2) is 4.39 Å². The Morgan fingerprint density at radius 2 is 2.25 bits per heavy atom. The zero-order valence-corrected chi connectivity index (χ0v) is 13.7. The average molecular weight is 328 g/mol. The lowest BCUT2D eigenvalue weighted by atomic mass is 10.0. The smallest absolute Gasteiger partial charge is 0.253 e. The van der Waals surface area contributed by atoms with Gasteiger partial charge in [0.25, 0.3) is 5.91 Å². The highest BCUT2D eigenvalue weighted by Crippen LogP contribution is 2.23. The summed E-state index contributed by atoms with van der Waals surface area (Å²) in [5.41, 5.74) is 1.66. The second kappa shape index (κ2) is 7.53. The third-order valence-corrected chi connectivity index (χ3v) is 4.29. The van der Waals surface area contributed by atoms with Gasteiger partial charge in [0.2, 0.25) is 0 Å². The highest BCUT2D eigenvalue weighted by molar-refractivity contribution is 5.95. The summed E-state index contributed by atoms with van der Waals surface area (Å²) in [5, 5.41) is 0. The third-order valence-electron chi connectivity index (χ3n) is 4.29. The van der Waals surface area contributed by atoms with Crippen molar-refractivity contribution in [2.24, 2.45) is 0 Å². The molecule has 0 N–H and O–H groups in total. The van der Waals surface area contributed by atoms with Crippen LogP contribution in [0, 0.1) is 5.82 Å². The number of amides is 1. The molecule has 0 spiro atoms. The monoisotopic (exact) mass is 328 g/mol. The van der Waals surface area contributed by atoms with Crippen molar-refractivity contribution < 1.29 is 13.9 Å². The topological polar surface area (TPSA) is 42.4 Å². The Hall–Kier alpha value is -2.27. The van der Waals surface area contributed by atoms with Crippen LogP contribution in [0.1, 0.15) is 29.6 Å². The van der Waals surface area contributed by atoms with Crippen molar-refractivity contribution in [1.82, 2.24) is 9.88 Å². The number of carbonyl (C=O) groups is 1. The van der Waals surface area contributed by atoms with Crippen LogP contribution in [0.5, 0.6) is 0 Å². The number of carbonyl (C=O) groups excluding carboxylic acids is 1. The maximum atomic E-state index is 13.9. The summed E-state index contributed by atoms with van der Waals surface area (Å²) in [6, 6.07) is 8.65. The van der Waals surface area contributed by atoms with Crippen LogP contribution in [0.15, 0.2) is 42.7 Å². The van der Waals surface area contributed by atoms with Gasteiger partial charge in [-0.15, -0.1) is 0 Å². The molecule has 0 aliphatic carbocycles. The fraction of sp³-hybridized carbons (Fsp3) is 0.368. The Bertz CT molecular complexity index is 714. The molecule has 1 saturated heterocycles. The number of benzene rings is 1. The maximum Gasteiger partial charge on any atom is 0.253 e. The van der Waals surface area contributed by atoms with E-state index < -0.39 is 5.82 Å². The Kier molecular flexibility index (Phi) is 5.20. The fourth-order valence-electron chi connectivity index (χ4n) is 2.99. The summed E-state index contributed by atoms with van der Waals surface area (Å²) in [7, 11) is 1.78. The van der Waals surface area contributed by atoms with Crippen LogP contribution in [0.4, 0.5) is 4.39 Å². The minimum Gasteiger partial charge on any atom is -0.376 e. The molecule has 1 atom stereocenters. The number of hydrogen-bond acceptors (Lipinski definition) is 3. The molecule has 1 amide bonds. The van der Waals surface area contributed by atoms with E-state index in [-0.39, 0.29) is 12.0 Å². The second-order valence-corrected chi connectivity index (χ2v) is 6.11. The first-order valence-electron chi connectivity index (χ1n) is 8.22. The van der Waals surface area contributed by atoms with E-state index in [1.165, 1.54) is 6.20 Å². The van der Waals surface area contributed by atoms with E-state index >= 15 is 0 Å². The lowest BCUT2D eigenvalue weighted by Gasteiger charge is -2.27. The van der Waals surface area contributed by atoms with Crippen molar-refractivity contribution >= 4 is 5.91 Å². The first-order chi connectivity index (χ1) is 11.6. The molecule has 2 heterocycles. The SMILES string of the molecule is CN(CC1CCCCO1)C(=O)c1cccc(-c2ccncc2F)c1. The molecule has 1 aliphatic heterocycles. The van der Waals surface area contributed by atoms with Gasteiger partial charge in [-0.05, 0) is 43.0 Å². The number of halogens is 1. The van der Waals surface area contributed by atoms with Crippen molar-refractivity contribution in [3.63, 3.8) is 0 Å². The summed E-state index contributed by atoms with van der Waals surface area (Å²) in [6.45, 7) is 1.34. The van der Waals surface area contributed by atoms with E-state index in [1.807, 2.05) is 0 Å². The van der Waals surface area contributed by atoms with Crippen LogP contribution in [-0.4, -0.2) is 42.1 Å². The first-order valence-corrected chi connectivity index (χ1v) is 8.22. The van der Waals surface area contributed by atoms with Crippen molar-refractivity contribution in [1.29, 1.82) is 0 Å². The van der Waals surface area contributed by atoms with Gasteiger partial charge in [-0.1, -0.05) is 12.1 Å². The molecule has 0 radical (unpaired) electrons. The molecule has 3 rings (SSSR count). The minimum atomic E-state index is -0.397. The Labute approximate surface area is 141 Å². The molecule has 2 aromatic rings. The summed E-state index contributed by atoms with van der Waals surface area (Å²) < 4.78 is 19.6. The highest BCUT2D eigenvalue weighted by atomic mass is 19.1. The van der Waals surface area contributed by atoms with Gasteiger partial charge < -0.3 is 9.64 Å². The summed E-state index contributed by atoms with van der Waals surface area (Å²) >= 11 is 0. The van der Waals surface area contributed by atoms with E-state index in [1.54, 1.807) is 48.5 Å². The molecule has 1 aromatic heterocycles. The molecule has 1 aromatic carbocycles. The van der Waals surface area contributed by atoms with Crippen LogP contribution in [0.3, 0.4) is 0 Å². The van der Waals surface area contributed by atoms with E-state index in [0.717, 1.165) is 25.9 Å². The molecule has 24 heavy (non-hydrogen) atoms. The van der Waals surface area contributed by atoms with Gasteiger partial charge in [0.15, 0.2) is 0 Å². The minimum absolute atomic E-state index is 0.0829. The van der Waals surface area contributed by atoms with Crippen molar-refractivity contribution in [2.45, 2.75) is 25.4 Å². The third kappa shape index (κ3) is 3.79. The number of likely N-dealkylation sites (N-methyl/N-ethyl adjacent to an activating group) is 1. The van der Waals surface area contributed by atoms with Crippen molar-refractivity contribution in [3.05, 3.63) is 54.1 Å². The second-order valence-electron chi connectivity index (χ2n) is 6.11. The van der Waals surface area contributed by atoms with Gasteiger partial charge in [-0.3, -0.25) is 9.78 Å². The van der Waals surface area contributed by atoms with Crippen LogP contribution >= 0.6 is 0 Å². The molecule has 0 bridgehead atoms. The van der Waals surface area contributed by atoms with E-state index in [2.05, 4.69) is 4.98 Å². The molecular weight excluding hydrogens is 307 g/mol. The number of pyridine rings is 1. The number of rotatable bonds is 4. The number of ether oxygens (including phenoxy) is 1. The van der Waals surface area contributed by atoms with Crippen LogP contribution in [0.25, 0.3) is 11.1 Å². The largest absolute Gasteiger partial charge is 0.376 e. The van der Waals surface area contributed by atoms with Crippen molar-refractivity contribution in [2.75, 3.05) is 20.2 Å². The molecule has 0 saturated carbocycles. The van der Waals surface area contributed by atoms with E-state index in [0.29, 0.717) is 23.2 Å². The summed E-state index contributed by atoms with van der Waals surface area (Å²) in [4.78, 5) is 18.1. The maximum absolute atomic E-state index is 13.9. The van der Waals surface area contributed by atoms with E-state index in [9.17, 15) is 9.18 Å². The fourth-order valence-corrected chi connectivity index (χ4v) is 2.99. The van der Waals surface area contributed by atoms with Gasteiger partial charge in [0.1, 0.15) is 5.82 Å². The zero-order chi connectivity index (χ0) is 16.9. The molecular formula is C19H21FN2O2. The predicted octanol–water partition coefficient (Wildman–Crippen LogP) is 3.53. The van der Waals surface area contributed by atoms with Crippen molar-refractivity contribution in [3.8, 4) is 11.1 Å². The lowest BCUT2D eigenvalue weighted by Crippen LogP contribution is -2.37. The lowest BCUT2D eigenvalue weighted by molar-refractivity contribution is -0.000186. The Morgan fingerprint density at radius 3 is 3.00 bits per heavy atom. The average Bonchev–Trinajstić information content (AvgIpc) is 2.62. The predicted molar refractivity (Wildman–Crippen MR) is 90.2 cm³/mol. The standard InChI is InChI=1S/C19H21FN2O2/c1-22(13-16-7-2-3-10-24-16)19(23)15-6-4-5-14(11-15)17-8-9-21-12-18(17)20/h4-6,8-9,11-12,16H,2-3,7,10,13H2,1H3. The van der Waals surface area contributed by atoms with Crippen LogP contribution in [-0.2, 0) is 4.74 Å². The van der Waals surface area contributed by atoms with Gasteiger partial charge in [0.05, 0.1) is 12.3 Å². The molecule has 1 fully saturated rings. The molecule has 1 aliphatic rings. The number of nitrogens with zero attached hydrogens (tertiary/aromatic N) is 2. The number of hydrogen-bond donors (Lipinski definition) is 0. The van der Waals surface area contributed by atoms with E-state index in [4.69, 9.17) is 4.74 Å². The molecule has 4 nitrogen and oxygen atoms in total. The first kappa shape index (κ1) is 16.6.